The van der Waals surface area contributed by atoms with Gasteiger partial charge in [0.2, 0.25) is 0 Å². The van der Waals surface area contributed by atoms with Crippen LogP contribution in [0.3, 0.4) is 0 Å². The second-order valence-corrected chi connectivity index (χ2v) is 7.72. The third kappa shape index (κ3) is 3.88. The van der Waals surface area contributed by atoms with Crippen molar-refractivity contribution in [3.05, 3.63) is 107 Å². The highest BCUT2D eigenvalue weighted by Crippen LogP contribution is 2.28. The molecule has 0 bridgehead atoms. The molecule has 0 spiro atoms. The number of nitrogens with one attached hydrogen (secondary N) is 1. The van der Waals surface area contributed by atoms with Crippen LogP contribution in [0.15, 0.2) is 84.9 Å². The first-order valence-electron chi connectivity index (χ1n) is 10.7. The Hall–Kier alpha value is -3.33. The summed E-state index contributed by atoms with van der Waals surface area (Å²) in [6.07, 6.45) is 2.13. The lowest BCUT2D eigenvalue weighted by Crippen LogP contribution is -2.31. The Labute approximate surface area is 178 Å². The molecule has 0 saturated heterocycles. The van der Waals surface area contributed by atoms with E-state index in [0.717, 1.165) is 52.7 Å². The fraction of sp³-hybridized carbons (Fsp3) is 0.222. The SMILES string of the molecule is CCCCn1c(C(=O)NC(c2ccccc2)c2ccccc2)c(C)c2ccccc21. The normalized spacial score (nSPS) is 11.2. The fourth-order valence-electron chi connectivity index (χ4n) is 4.17. The average molecular weight is 397 g/mol. The first-order valence-corrected chi connectivity index (χ1v) is 10.7. The number of hydrogen-bond acceptors (Lipinski definition) is 1. The molecule has 0 aliphatic carbocycles. The zero-order valence-corrected chi connectivity index (χ0v) is 17.6. The van der Waals surface area contributed by atoms with Gasteiger partial charge in [-0.2, -0.15) is 0 Å². The number of unbranched alkanes of at least 4 members (excludes halogenated alkanes) is 1. The van der Waals surface area contributed by atoms with Gasteiger partial charge in [0, 0.05) is 17.4 Å². The summed E-state index contributed by atoms with van der Waals surface area (Å²) in [5.41, 5.74) is 5.09. The van der Waals surface area contributed by atoms with Gasteiger partial charge in [0.25, 0.3) is 5.91 Å². The predicted molar refractivity (Wildman–Crippen MR) is 124 cm³/mol. The Morgan fingerprint density at radius 1 is 0.867 bits per heavy atom. The van der Waals surface area contributed by atoms with E-state index < -0.39 is 0 Å². The monoisotopic (exact) mass is 396 g/mol. The van der Waals surface area contributed by atoms with Crippen molar-refractivity contribution in [3.8, 4) is 0 Å². The lowest BCUT2D eigenvalue weighted by molar-refractivity contribution is 0.0933. The van der Waals surface area contributed by atoms with Crippen LogP contribution in [0.5, 0.6) is 0 Å². The van der Waals surface area contributed by atoms with Gasteiger partial charge in [0.05, 0.1) is 6.04 Å². The van der Waals surface area contributed by atoms with Gasteiger partial charge in [0.15, 0.2) is 0 Å². The molecule has 0 atom stereocenters. The molecule has 3 aromatic carbocycles. The van der Waals surface area contributed by atoms with Crippen molar-refractivity contribution in [1.82, 2.24) is 9.88 Å². The first kappa shape index (κ1) is 20.0. The van der Waals surface area contributed by atoms with E-state index in [1.165, 1.54) is 0 Å². The number of fused-ring (bicyclic) bond motifs is 1. The van der Waals surface area contributed by atoms with Crippen molar-refractivity contribution < 1.29 is 4.79 Å². The molecule has 0 fully saturated rings. The number of carbonyl (C=O) groups excluding carboxylic acids is 1. The number of carbonyl (C=O) groups is 1. The first-order chi connectivity index (χ1) is 14.7. The summed E-state index contributed by atoms with van der Waals surface area (Å²) in [6.45, 7) is 5.08. The molecule has 1 heterocycles. The van der Waals surface area contributed by atoms with Crippen LogP contribution >= 0.6 is 0 Å². The number of aromatic nitrogens is 1. The lowest BCUT2D eigenvalue weighted by atomic mass is 9.98. The van der Waals surface area contributed by atoms with Crippen molar-refractivity contribution in [1.29, 1.82) is 0 Å². The van der Waals surface area contributed by atoms with Gasteiger partial charge in [-0.3, -0.25) is 4.79 Å². The van der Waals surface area contributed by atoms with Crippen LogP contribution in [-0.2, 0) is 6.54 Å². The molecule has 30 heavy (non-hydrogen) atoms. The van der Waals surface area contributed by atoms with Gasteiger partial charge in [-0.05, 0) is 36.1 Å². The molecule has 4 aromatic rings. The minimum atomic E-state index is -0.197. The summed E-state index contributed by atoms with van der Waals surface area (Å²) < 4.78 is 2.19. The quantitative estimate of drug-likeness (QED) is 0.392. The van der Waals surface area contributed by atoms with Crippen molar-refractivity contribution in [3.63, 3.8) is 0 Å². The van der Waals surface area contributed by atoms with Gasteiger partial charge in [-0.1, -0.05) is 92.2 Å². The number of para-hydroxylation sites is 1. The summed E-state index contributed by atoms with van der Waals surface area (Å²) >= 11 is 0. The van der Waals surface area contributed by atoms with E-state index in [0.29, 0.717) is 0 Å². The molecule has 1 amide bonds. The van der Waals surface area contributed by atoms with E-state index in [1.807, 2.05) is 48.5 Å². The zero-order chi connectivity index (χ0) is 20.9. The second-order valence-electron chi connectivity index (χ2n) is 7.72. The summed E-state index contributed by atoms with van der Waals surface area (Å²) in [5, 5.41) is 4.47. The molecular formula is C27H28N2O. The standard InChI is InChI=1S/C27H28N2O/c1-3-4-19-29-24-18-12-11-17-23(24)20(2)26(29)27(30)28-25(21-13-7-5-8-14-21)22-15-9-6-10-16-22/h5-18,25H,3-4,19H2,1-2H3,(H,28,30). The Balaban J connectivity index is 1.76. The van der Waals surface area contributed by atoms with E-state index in [-0.39, 0.29) is 11.9 Å². The highest BCUT2D eigenvalue weighted by atomic mass is 16.2. The number of benzene rings is 3. The van der Waals surface area contributed by atoms with Gasteiger partial charge in [-0.25, -0.2) is 0 Å². The molecule has 0 aliphatic heterocycles. The maximum absolute atomic E-state index is 13.6. The number of nitrogens with zero attached hydrogens (tertiary/aromatic N) is 1. The minimum Gasteiger partial charge on any atom is -0.340 e. The number of amides is 1. The molecule has 1 aromatic heterocycles. The van der Waals surface area contributed by atoms with Crippen molar-refractivity contribution in [2.24, 2.45) is 0 Å². The molecule has 152 valence electrons. The highest BCUT2D eigenvalue weighted by Gasteiger charge is 2.23. The molecule has 3 heteroatoms. The van der Waals surface area contributed by atoms with Crippen LogP contribution in [-0.4, -0.2) is 10.5 Å². The molecule has 0 unspecified atom stereocenters. The Kier molecular flexibility index (Phi) is 5.99. The fourth-order valence-corrected chi connectivity index (χ4v) is 4.17. The van der Waals surface area contributed by atoms with Crippen LogP contribution in [0.2, 0.25) is 0 Å². The largest absolute Gasteiger partial charge is 0.340 e. The summed E-state index contributed by atoms with van der Waals surface area (Å²) in [5.74, 6) is -0.0301. The maximum atomic E-state index is 13.6. The second kappa shape index (κ2) is 9.00. The minimum absolute atomic E-state index is 0.0301. The Bertz CT molecular complexity index is 1090. The van der Waals surface area contributed by atoms with E-state index in [1.54, 1.807) is 0 Å². The van der Waals surface area contributed by atoms with Crippen molar-refractivity contribution in [2.45, 2.75) is 39.3 Å². The third-order valence-corrected chi connectivity index (χ3v) is 5.72. The topological polar surface area (TPSA) is 34.0 Å². The van der Waals surface area contributed by atoms with Crippen LogP contribution in [0.4, 0.5) is 0 Å². The third-order valence-electron chi connectivity index (χ3n) is 5.72. The summed E-state index contributed by atoms with van der Waals surface area (Å²) in [7, 11) is 0. The van der Waals surface area contributed by atoms with Crippen molar-refractivity contribution in [2.75, 3.05) is 0 Å². The van der Waals surface area contributed by atoms with Crippen LogP contribution < -0.4 is 5.32 Å². The molecule has 0 saturated carbocycles. The molecule has 0 radical (unpaired) electrons. The van der Waals surface area contributed by atoms with Gasteiger partial charge in [-0.15, -0.1) is 0 Å². The Morgan fingerprint density at radius 3 is 2.03 bits per heavy atom. The number of hydrogen-bond donors (Lipinski definition) is 1. The highest BCUT2D eigenvalue weighted by molar-refractivity contribution is 6.02. The molecule has 3 nitrogen and oxygen atoms in total. The van der Waals surface area contributed by atoms with E-state index in [2.05, 4.69) is 60.1 Å². The maximum Gasteiger partial charge on any atom is 0.268 e. The van der Waals surface area contributed by atoms with E-state index in [9.17, 15) is 4.79 Å². The van der Waals surface area contributed by atoms with Crippen LogP contribution in [0.25, 0.3) is 10.9 Å². The van der Waals surface area contributed by atoms with E-state index >= 15 is 0 Å². The summed E-state index contributed by atoms with van der Waals surface area (Å²) in [4.78, 5) is 13.6. The van der Waals surface area contributed by atoms with Crippen molar-refractivity contribution >= 4 is 16.8 Å². The van der Waals surface area contributed by atoms with Gasteiger partial charge < -0.3 is 9.88 Å². The molecular weight excluding hydrogens is 368 g/mol. The zero-order valence-electron chi connectivity index (χ0n) is 17.6. The van der Waals surface area contributed by atoms with Gasteiger partial charge >= 0.3 is 0 Å². The molecule has 1 N–H and O–H groups in total. The predicted octanol–water partition coefficient (Wildman–Crippen LogP) is 6.27. The van der Waals surface area contributed by atoms with Gasteiger partial charge in [0.1, 0.15) is 5.69 Å². The average Bonchev–Trinajstić information content (AvgIpc) is 3.09. The molecule has 0 aliphatic rings. The molecule has 4 rings (SSSR count). The number of aryl methyl sites for hydroxylation is 2. The summed E-state index contributed by atoms with van der Waals surface area (Å²) in [6, 6.07) is 28.4. The Morgan fingerprint density at radius 2 is 1.43 bits per heavy atom. The lowest BCUT2D eigenvalue weighted by Gasteiger charge is -2.21. The van der Waals surface area contributed by atoms with E-state index in [4.69, 9.17) is 0 Å². The van der Waals surface area contributed by atoms with Crippen LogP contribution in [0.1, 0.15) is 53.0 Å². The number of rotatable bonds is 7. The smallest absolute Gasteiger partial charge is 0.268 e. The van der Waals surface area contributed by atoms with Crippen LogP contribution in [0, 0.1) is 6.92 Å².